The molecule has 1 aromatic carbocycles. The predicted molar refractivity (Wildman–Crippen MR) is 82.4 cm³/mol. The van der Waals surface area contributed by atoms with Crippen LogP contribution in [0.15, 0.2) is 29.2 Å². The van der Waals surface area contributed by atoms with Crippen molar-refractivity contribution in [2.75, 3.05) is 17.3 Å². The van der Waals surface area contributed by atoms with Gasteiger partial charge in [-0.05, 0) is 24.3 Å². The molecule has 0 unspecified atom stereocenters. The average Bonchev–Trinajstić information content (AvgIpc) is 2.61. The highest BCUT2D eigenvalue weighted by Gasteiger charge is 2.37. The second-order valence-corrected chi connectivity index (χ2v) is 8.71. The van der Waals surface area contributed by atoms with E-state index in [0.29, 0.717) is 5.02 Å². The quantitative estimate of drug-likeness (QED) is 0.663. The molecule has 2 rings (SSSR count). The van der Waals surface area contributed by atoms with Crippen LogP contribution in [0, 0.1) is 0 Å². The first kappa shape index (κ1) is 15.9. The Labute approximate surface area is 132 Å². The van der Waals surface area contributed by atoms with Crippen molar-refractivity contribution in [1.29, 1.82) is 0 Å². The van der Waals surface area contributed by atoms with Crippen LogP contribution in [0.1, 0.15) is 0 Å². The van der Waals surface area contributed by atoms with Crippen molar-refractivity contribution in [3.05, 3.63) is 29.3 Å². The van der Waals surface area contributed by atoms with E-state index in [0.717, 1.165) is 4.90 Å². The maximum atomic E-state index is 11.8. The number of amides is 1. The summed E-state index contributed by atoms with van der Waals surface area (Å²) < 4.78 is 22.8. The van der Waals surface area contributed by atoms with Crippen LogP contribution in [-0.2, 0) is 14.6 Å². The number of sulfone groups is 1. The third-order valence-corrected chi connectivity index (χ3v) is 6.45. The summed E-state index contributed by atoms with van der Waals surface area (Å²) in [4.78, 5) is 12.7. The van der Waals surface area contributed by atoms with Gasteiger partial charge in [-0.25, -0.2) is 8.42 Å². The molecule has 1 heterocycles. The number of benzene rings is 1. The molecule has 1 aliphatic heterocycles. The Morgan fingerprint density at radius 3 is 2.50 bits per heavy atom. The van der Waals surface area contributed by atoms with Crippen molar-refractivity contribution >= 4 is 50.7 Å². The first-order valence-electron chi connectivity index (χ1n) is 5.88. The van der Waals surface area contributed by atoms with Gasteiger partial charge in [0.25, 0.3) is 0 Å². The molecule has 1 saturated heterocycles. The summed E-state index contributed by atoms with van der Waals surface area (Å²) in [5.41, 5.74) is 0. The lowest BCUT2D eigenvalue weighted by atomic mass is 10.2. The van der Waals surface area contributed by atoms with Crippen LogP contribution in [0.5, 0.6) is 0 Å². The van der Waals surface area contributed by atoms with Gasteiger partial charge in [-0.2, -0.15) is 0 Å². The zero-order valence-corrected chi connectivity index (χ0v) is 13.5. The topological polar surface area (TPSA) is 63.2 Å². The van der Waals surface area contributed by atoms with Crippen LogP contribution in [0.4, 0.5) is 0 Å². The van der Waals surface area contributed by atoms with E-state index >= 15 is 0 Å². The third kappa shape index (κ3) is 4.55. The van der Waals surface area contributed by atoms with E-state index in [1.54, 1.807) is 12.1 Å². The molecule has 110 valence electrons. The molecular weight excluding hydrogens is 341 g/mol. The predicted octanol–water partition coefficient (Wildman–Crippen LogP) is 1.95. The van der Waals surface area contributed by atoms with Gasteiger partial charge in [-0.3, -0.25) is 4.79 Å². The van der Waals surface area contributed by atoms with Gasteiger partial charge in [-0.15, -0.1) is 23.4 Å². The highest BCUT2D eigenvalue weighted by molar-refractivity contribution is 8.00. The normalized spacial score (nSPS) is 24.5. The van der Waals surface area contributed by atoms with E-state index in [4.69, 9.17) is 23.2 Å². The highest BCUT2D eigenvalue weighted by atomic mass is 35.5. The molecule has 20 heavy (non-hydrogen) atoms. The Kier molecular flexibility index (Phi) is 5.23. The van der Waals surface area contributed by atoms with E-state index in [-0.39, 0.29) is 23.2 Å². The number of carbonyl (C=O) groups excluding carboxylic acids is 1. The molecule has 0 bridgehead atoms. The molecule has 4 nitrogen and oxygen atoms in total. The molecule has 1 aromatic rings. The lowest BCUT2D eigenvalue weighted by Gasteiger charge is -2.14. The van der Waals surface area contributed by atoms with Crippen LogP contribution in [-0.4, -0.2) is 43.0 Å². The maximum absolute atomic E-state index is 11.8. The molecule has 8 heteroatoms. The van der Waals surface area contributed by atoms with Gasteiger partial charge in [0.15, 0.2) is 9.84 Å². The lowest BCUT2D eigenvalue weighted by molar-refractivity contribution is -0.119. The van der Waals surface area contributed by atoms with Crippen LogP contribution >= 0.6 is 35.0 Å². The van der Waals surface area contributed by atoms with Gasteiger partial charge >= 0.3 is 0 Å². The zero-order valence-electron chi connectivity index (χ0n) is 10.4. The summed E-state index contributed by atoms with van der Waals surface area (Å²) in [7, 11) is -3.13. The monoisotopic (exact) mass is 353 g/mol. The van der Waals surface area contributed by atoms with Gasteiger partial charge in [0, 0.05) is 9.92 Å². The molecule has 1 fully saturated rings. The summed E-state index contributed by atoms with van der Waals surface area (Å²) in [5.74, 6) is -0.179. The number of nitrogens with one attached hydrogen (secondary N) is 1. The zero-order chi connectivity index (χ0) is 14.8. The van der Waals surface area contributed by atoms with E-state index in [1.807, 2.05) is 12.1 Å². The van der Waals surface area contributed by atoms with Crippen molar-refractivity contribution in [2.24, 2.45) is 0 Å². The summed E-state index contributed by atoms with van der Waals surface area (Å²) >= 11 is 13.1. The fourth-order valence-electron chi connectivity index (χ4n) is 1.87. The number of halogens is 2. The SMILES string of the molecule is O=C(CSc1ccc(Cl)cc1)N[C@H]1CS(=O)(=O)C[C@H]1Cl. The largest absolute Gasteiger partial charge is 0.350 e. The first-order valence-corrected chi connectivity index (χ1v) is 9.50. The molecule has 0 spiro atoms. The molecule has 0 aromatic heterocycles. The standard InChI is InChI=1S/C12H13Cl2NO3S2/c13-8-1-3-9(4-2-8)19-5-12(16)15-11-7-20(17,18)6-10(11)14/h1-4,10-11H,5-7H2,(H,15,16)/t10-,11+/m1/s1. The van der Waals surface area contributed by atoms with E-state index in [9.17, 15) is 13.2 Å². The first-order chi connectivity index (χ1) is 9.35. The Morgan fingerprint density at radius 1 is 1.30 bits per heavy atom. The van der Waals surface area contributed by atoms with Crippen LogP contribution < -0.4 is 5.32 Å². The fourth-order valence-corrected chi connectivity index (χ4v) is 5.25. The second-order valence-electron chi connectivity index (χ2n) is 4.51. The van der Waals surface area contributed by atoms with E-state index in [2.05, 4.69) is 5.32 Å². The van der Waals surface area contributed by atoms with Crippen LogP contribution in [0.2, 0.25) is 5.02 Å². The summed E-state index contributed by atoms with van der Waals surface area (Å²) in [5, 5.41) is 2.76. The smallest absolute Gasteiger partial charge is 0.230 e. The molecule has 2 atom stereocenters. The number of thioether (sulfide) groups is 1. The molecule has 0 aliphatic carbocycles. The van der Waals surface area contributed by atoms with Crippen molar-refractivity contribution in [1.82, 2.24) is 5.32 Å². The highest BCUT2D eigenvalue weighted by Crippen LogP contribution is 2.21. The Morgan fingerprint density at radius 2 is 1.95 bits per heavy atom. The number of carbonyl (C=O) groups is 1. The molecule has 1 amide bonds. The summed E-state index contributed by atoms with van der Waals surface area (Å²) in [6.07, 6.45) is 0. The van der Waals surface area contributed by atoms with Gasteiger partial charge in [0.05, 0.1) is 28.7 Å². The minimum absolute atomic E-state index is 0.0795. The number of hydrogen-bond donors (Lipinski definition) is 1. The minimum atomic E-state index is -3.13. The van der Waals surface area contributed by atoms with E-state index < -0.39 is 21.3 Å². The summed E-state index contributed by atoms with van der Waals surface area (Å²) in [6.45, 7) is 0. The minimum Gasteiger partial charge on any atom is -0.350 e. The van der Waals surface area contributed by atoms with Crippen molar-refractivity contribution < 1.29 is 13.2 Å². The molecule has 1 N–H and O–H groups in total. The van der Waals surface area contributed by atoms with Crippen molar-refractivity contribution in [3.63, 3.8) is 0 Å². The number of alkyl halides is 1. The van der Waals surface area contributed by atoms with Crippen molar-refractivity contribution in [3.8, 4) is 0 Å². The number of hydrogen-bond acceptors (Lipinski definition) is 4. The summed E-state index contributed by atoms with van der Waals surface area (Å²) in [6, 6.07) is 6.65. The van der Waals surface area contributed by atoms with Gasteiger partial charge in [0.1, 0.15) is 0 Å². The fraction of sp³-hybridized carbons (Fsp3) is 0.417. The second kappa shape index (κ2) is 6.56. The Hall–Kier alpha value is -0.430. The van der Waals surface area contributed by atoms with Crippen LogP contribution in [0.3, 0.4) is 0 Å². The van der Waals surface area contributed by atoms with Crippen molar-refractivity contribution in [2.45, 2.75) is 16.3 Å². The Bertz CT molecular complexity index is 589. The average molecular weight is 354 g/mol. The molecule has 0 radical (unpaired) electrons. The maximum Gasteiger partial charge on any atom is 0.230 e. The van der Waals surface area contributed by atoms with Gasteiger partial charge in [-0.1, -0.05) is 11.6 Å². The molecule has 1 aliphatic rings. The molecular formula is C12H13Cl2NO3S2. The lowest BCUT2D eigenvalue weighted by Crippen LogP contribution is -2.41. The third-order valence-electron chi connectivity index (χ3n) is 2.81. The van der Waals surface area contributed by atoms with Crippen LogP contribution in [0.25, 0.3) is 0 Å². The van der Waals surface area contributed by atoms with Gasteiger partial charge in [0.2, 0.25) is 5.91 Å². The van der Waals surface area contributed by atoms with E-state index in [1.165, 1.54) is 11.8 Å². The van der Waals surface area contributed by atoms with Gasteiger partial charge < -0.3 is 5.32 Å². The molecule has 0 saturated carbocycles. The number of rotatable bonds is 4. The Balaban J connectivity index is 1.83.